The molecule has 2 fully saturated rings. The fourth-order valence-electron chi connectivity index (χ4n) is 2.99. The van der Waals surface area contributed by atoms with Crippen LogP contribution in [0.4, 0.5) is 10.5 Å². The van der Waals surface area contributed by atoms with Crippen LogP contribution in [0.5, 0.6) is 0 Å². The number of nitrogens with one attached hydrogen (secondary N) is 2. The molecule has 0 aliphatic carbocycles. The third kappa shape index (κ3) is 3.36. The molecule has 0 radical (unpaired) electrons. The van der Waals surface area contributed by atoms with Crippen molar-refractivity contribution in [1.82, 2.24) is 9.62 Å². The summed E-state index contributed by atoms with van der Waals surface area (Å²) in [6.07, 6.45) is 0.129. The second kappa shape index (κ2) is 6.40. The van der Waals surface area contributed by atoms with Gasteiger partial charge in [0.2, 0.25) is 15.9 Å². The van der Waals surface area contributed by atoms with E-state index in [1.165, 1.54) is 23.4 Å². The van der Waals surface area contributed by atoms with Crippen LogP contribution in [0.15, 0.2) is 29.2 Å². The van der Waals surface area contributed by atoms with Crippen molar-refractivity contribution in [2.45, 2.75) is 24.3 Å². The zero-order valence-corrected chi connectivity index (χ0v) is 14.0. The fourth-order valence-corrected chi connectivity index (χ4v) is 4.47. The van der Waals surface area contributed by atoms with Crippen LogP contribution in [0, 0.1) is 5.92 Å². The minimum absolute atomic E-state index is 0.135. The van der Waals surface area contributed by atoms with Crippen LogP contribution in [0.3, 0.4) is 0 Å². The molecule has 0 spiro atoms. The first-order valence-electron chi connectivity index (χ1n) is 7.67. The Bertz CT molecular complexity index is 747. The molecule has 130 valence electrons. The van der Waals surface area contributed by atoms with E-state index in [2.05, 4.69) is 10.6 Å². The van der Waals surface area contributed by atoms with Gasteiger partial charge in [0.25, 0.3) is 0 Å². The molecule has 2 aliphatic heterocycles. The lowest BCUT2D eigenvalue weighted by Crippen LogP contribution is -2.58. The van der Waals surface area contributed by atoms with E-state index < -0.39 is 16.1 Å². The highest BCUT2D eigenvalue weighted by atomic mass is 32.2. The van der Waals surface area contributed by atoms with E-state index >= 15 is 0 Å². The monoisotopic (exact) mass is 353 g/mol. The van der Waals surface area contributed by atoms with Crippen molar-refractivity contribution < 1.29 is 22.7 Å². The number of piperidine rings is 1. The maximum absolute atomic E-state index is 12.8. The SMILES string of the molecule is CC(=O)Nc1ccc(S(=O)(=O)N2CC[C@H]3COC(=O)N[C@@H]3C2)cc1. The zero-order chi connectivity index (χ0) is 17.3. The lowest BCUT2D eigenvalue weighted by atomic mass is 9.93. The predicted octanol–water partition coefficient (Wildman–Crippen LogP) is 0.764. The Morgan fingerprint density at radius 1 is 1.33 bits per heavy atom. The number of rotatable bonds is 3. The molecule has 1 aromatic carbocycles. The van der Waals surface area contributed by atoms with Crippen molar-refractivity contribution in [3.8, 4) is 0 Å². The first-order valence-corrected chi connectivity index (χ1v) is 9.11. The number of alkyl carbamates (subject to hydrolysis) is 1. The van der Waals surface area contributed by atoms with Crippen LogP contribution in [0.1, 0.15) is 13.3 Å². The second-order valence-electron chi connectivity index (χ2n) is 5.97. The number of anilines is 1. The fraction of sp³-hybridized carbons (Fsp3) is 0.467. The van der Waals surface area contributed by atoms with Gasteiger partial charge in [0.15, 0.2) is 0 Å². The van der Waals surface area contributed by atoms with Gasteiger partial charge >= 0.3 is 6.09 Å². The average Bonchev–Trinajstić information content (AvgIpc) is 2.54. The summed E-state index contributed by atoms with van der Waals surface area (Å²) in [6.45, 7) is 2.33. The first-order chi connectivity index (χ1) is 11.4. The molecule has 2 heterocycles. The maximum atomic E-state index is 12.8. The molecule has 2 aliphatic rings. The highest BCUT2D eigenvalue weighted by Crippen LogP contribution is 2.26. The molecule has 8 nitrogen and oxygen atoms in total. The van der Waals surface area contributed by atoms with Gasteiger partial charge in [0, 0.05) is 31.6 Å². The number of carbonyl (C=O) groups excluding carboxylic acids is 2. The highest BCUT2D eigenvalue weighted by molar-refractivity contribution is 7.89. The van der Waals surface area contributed by atoms with Gasteiger partial charge in [-0.3, -0.25) is 4.79 Å². The van der Waals surface area contributed by atoms with Crippen LogP contribution in [0.2, 0.25) is 0 Å². The molecule has 24 heavy (non-hydrogen) atoms. The zero-order valence-electron chi connectivity index (χ0n) is 13.2. The molecule has 2 amide bonds. The number of ether oxygens (including phenoxy) is 1. The second-order valence-corrected chi connectivity index (χ2v) is 7.90. The van der Waals surface area contributed by atoms with E-state index in [1.54, 1.807) is 12.1 Å². The van der Waals surface area contributed by atoms with Crippen molar-refractivity contribution >= 4 is 27.7 Å². The van der Waals surface area contributed by atoms with E-state index in [0.717, 1.165) is 0 Å². The van der Waals surface area contributed by atoms with Gasteiger partial charge in [-0.1, -0.05) is 0 Å². The number of benzene rings is 1. The van der Waals surface area contributed by atoms with Crippen LogP contribution in [-0.4, -0.2) is 50.5 Å². The van der Waals surface area contributed by atoms with E-state index in [4.69, 9.17) is 4.74 Å². The third-order valence-corrected chi connectivity index (χ3v) is 6.14. The van der Waals surface area contributed by atoms with Gasteiger partial charge in [0.1, 0.15) is 0 Å². The minimum atomic E-state index is -3.65. The summed E-state index contributed by atoms with van der Waals surface area (Å²) < 4.78 is 31.9. The number of hydrogen-bond donors (Lipinski definition) is 2. The van der Waals surface area contributed by atoms with Gasteiger partial charge in [-0.05, 0) is 30.7 Å². The molecule has 2 N–H and O–H groups in total. The Morgan fingerprint density at radius 2 is 2.04 bits per heavy atom. The number of sulfonamides is 1. The Hall–Kier alpha value is -2.13. The van der Waals surface area contributed by atoms with Crippen LogP contribution < -0.4 is 10.6 Å². The Labute approximate surface area is 140 Å². The van der Waals surface area contributed by atoms with Crippen molar-refractivity contribution in [1.29, 1.82) is 0 Å². The normalized spacial score (nSPS) is 24.5. The lowest BCUT2D eigenvalue weighted by Gasteiger charge is -2.40. The van der Waals surface area contributed by atoms with E-state index in [9.17, 15) is 18.0 Å². The molecule has 0 bridgehead atoms. The van der Waals surface area contributed by atoms with Gasteiger partial charge in [0.05, 0.1) is 17.5 Å². The number of fused-ring (bicyclic) bond motifs is 1. The molecule has 9 heteroatoms. The Morgan fingerprint density at radius 3 is 2.71 bits per heavy atom. The summed E-state index contributed by atoms with van der Waals surface area (Å²) in [7, 11) is -3.65. The summed E-state index contributed by atoms with van der Waals surface area (Å²) in [5, 5.41) is 5.28. The van der Waals surface area contributed by atoms with Gasteiger partial charge in [-0.15, -0.1) is 0 Å². The number of cyclic esters (lactones) is 1. The van der Waals surface area contributed by atoms with Crippen molar-refractivity contribution in [3.05, 3.63) is 24.3 Å². The molecule has 3 rings (SSSR count). The smallest absolute Gasteiger partial charge is 0.407 e. The highest BCUT2D eigenvalue weighted by Gasteiger charge is 2.39. The summed E-state index contributed by atoms with van der Waals surface area (Å²) in [5.74, 6) is -0.0840. The number of amides is 2. The molecular weight excluding hydrogens is 334 g/mol. The quantitative estimate of drug-likeness (QED) is 0.835. The van der Waals surface area contributed by atoms with Gasteiger partial charge < -0.3 is 15.4 Å². The van der Waals surface area contributed by atoms with Gasteiger partial charge in [-0.2, -0.15) is 4.31 Å². The standard InChI is InChI=1S/C15H19N3O5S/c1-10(19)16-12-2-4-13(5-3-12)24(21,22)18-7-6-11-9-23-15(20)17-14(11)8-18/h2-5,11,14H,6-9H2,1H3,(H,16,19)(H,17,20)/t11-,14+/m0/s1. The minimum Gasteiger partial charge on any atom is -0.449 e. The Kier molecular flexibility index (Phi) is 4.46. The summed E-state index contributed by atoms with van der Waals surface area (Å²) in [6, 6.07) is 5.81. The van der Waals surface area contributed by atoms with Crippen molar-refractivity contribution in [3.63, 3.8) is 0 Å². The van der Waals surface area contributed by atoms with E-state index in [0.29, 0.717) is 25.3 Å². The van der Waals surface area contributed by atoms with Crippen LogP contribution in [0.25, 0.3) is 0 Å². The molecule has 0 unspecified atom stereocenters. The number of nitrogens with zero attached hydrogens (tertiary/aromatic N) is 1. The maximum Gasteiger partial charge on any atom is 0.407 e. The largest absolute Gasteiger partial charge is 0.449 e. The average molecular weight is 353 g/mol. The predicted molar refractivity (Wildman–Crippen MR) is 85.9 cm³/mol. The van der Waals surface area contributed by atoms with Crippen molar-refractivity contribution in [2.75, 3.05) is 25.0 Å². The molecule has 2 saturated heterocycles. The summed E-state index contributed by atoms with van der Waals surface area (Å²) in [4.78, 5) is 22.5. The molecule has 0 saturated carbocycles. The van der Waals surface area contributed by atoms with E-state index in [-0.39, 0.29) is 29.3 Å². The first kappa shape index (κ1) is 16.7. The van der Waals surface area contributed by atoms with Crippen molar-refractivity contribution in [2.24, 2.45) is 5.92 Å². The molecule has 0 aromatic heterocycles. The molecule has 2 atom stereocenters. The summed E-state index contributed by atoms with van der Waals surface area (Å²) >= 11 is 0. The topological polar surface area (TPSA) is 105 Å². The Balaban J connectivity index is 1.75. The summed E-state index contributed by atoms with van der Waals surface area (Å²) in [5.41, 5.74) is 0.539. The van der Waals surface area contributed by atoms with Gasteiger partial charge in [-0.25, -0.2) is 13.2 Å². The van der Waals surface area contributed by atoms with Crippen LogP contribution in [-0.2, 0) is 19.6 Å². The molecular formula is C15H19N3O5S. The molecule has 1 aromatic rings. The third-order valence-electron chi connectivity index (χ3n) is 4.26. The van der Waals surface area contributed by atoms with E-state index in [1.807, 2.05) is 0 Å². The lowest BCUT2D eigenvalue weighted by molar-refractivity contribution is -0.114. The number of hydrogen-bond acceptors (Lipinski definition) is 5. The number of carbonyl (C=O) groups is 2. The van der Waals surface area contributed by atoms with Crippen LogP contribution >= 0.6 is 0 Å².